The largest absolute Gasteiger partial charge is 0.504 e. The molecule has 1 aliphatic rings. The van der Waals surface area contributed by atoms with Crippen molar-refractivity contribution in [3.63, 3.8) is 0 Å². The number of hydrogen-bond acceptors (Lipinski definition) is 6. The summed E-state index contributed by atoms with van der Waals surface area (Å²) in [6.07, 6.45) is 4.06. The number of aromatic hydroxyl groups is 1. The highest BCUT2D eigenvalue weighted by atomic mass is 16.5. The van der Waals surface area contributed by atoms with Gasteiger partial charge in [0.15, 0.2) is 11.5 Å². The second-order valence-electron chi connectivity index (χ2n) is 7.62. The van der Waals surface area contributed by atoms with E-state index in [0.717, 1.165) is 53.4 Å². The smallest absolute Gasteiger partial charge is 0.161 e. The number of hydrogen-bond donors (Lipinski definition) is 2. The molecular weight excluding hydrogens is 404 g/mol. The molecule has 2 heterocycles. The number of nitrogens with zero attached hydrogens (tertiary/aromatic N) is 1. The summed E-state index contributed by atoms with van der Waals surface area (Å²) >= 11 is 0. The van der Waals surface area contributed by atoms with E-state index in [1.54, 1.807) is 18.2 Å². The van der Waals surface area contributed by atoms with Gasteiger partial charge in [-0.15, -0.1) is 0 Å². The lowest BCUT2D eigenvalue weighted by Crippen LogP contribution is -2.19. The molecule has 0 bridgehead atoms. The first-order chi connectivity index (χ1) is 15.7. The zero-order valence-electron chi connectivity index (χ0n) is 18.2. The predicted octanol–water partition coefficient (Wildman–Crippen LogP) is 5.29. The van der Waals surface area contributed by atoms with Crippen molar-refractivity contribution < 1.29 is 19.3 Å². The first-order valence-corrected chi connectivity index (χ1v) is 10.8. The van der Waals surface area contributed by atoms with Crippen LogP contribution in [-0.2, 0) is 4.74 Å². The number of rotatable bonds is 9. The zero-order chi connectivity index (χ0) is 22.3. The third kappa shape index (κ3) is 5.03. The van der Waals surface area contributed by atoms with E-state index in [-0.39, 0.29) is 11.9 Å². The van der Waals surface area contributed by atoms with Gasteiger partial charge >= 0.3 is 0 Å². The number of phenols is 1. The molecule has 1 unspecified atom stereocenters. The third-order valence-electron chi connectivity index (χ3n) is 5.39. The van der Waals surface area contributed by atoms with Crippen molar-refractivity contribution in [1.29, 1.82) is 0 Å². The number of pyridine rings is 1. The highest BCUT2D eigenvalue weighted by Gasteiger charge is 2.17. The maximum Gasteiger partial charge on any atom is 0.161 e. The number of nitrogens with one attached hydrogen (secondary N) is 1. The molecular formula is C26H28N2O4. The van der Waals surface area contributed by atoms with Crippen LogP contribution in [0.4, 0.5) is 5.82 Å². The Balaban J connectivity index is 1.74. The molecule has 2 N–H and O–H groups in total. The fraction of sp³-hybridized carbons (Fsp3) is 0.269. The van der Waals surface area contributed by atoms with Crippen LogP contribution in [0.5, 0.6) is 17.2 Å². The summed E-state index contributed by atoms with van der Waals surface area (Å²) in [6, 6.07) is 17.2. The molecule has 2 aromatic carbocycles. The van der Waals surface area contributed by atoms with Crippen molar-refractivity contribution in [1.82, 2.24) is 4.98 Å². The van der Waals surface area contributed by atoms with E-state index in [1.165, 1.54) is 7.11 Å². The Morgan fingerprint density at radius 3 is 2.81 bits per heavy atom. The summed E-state index contributed by atoms with van der Waals surface area (Å²) in [5.74, 6) is 2.02. The van der Waals surface area contributed by atoms with E-state index in [9.17, 15) is 5.11 Å². The Morgan fingerprint density at radius 1 is 1.16 bits per heavy atom. The molecule has 32 heavy (non-hydrogen) atoms. The minimum atomic E-state index is 0.0901. The van der Waals surface area contributed by atoms with E-state index in [2.05, 4.69) is 11.9 Å². The van der Waals surface area contributed by atoms with Gasteiger partial charge in [0.05, 0.1) is 18.9 Å². The highest BCUT2D eigenvalue weighted by molar-refractivity contribution is 5.78. The van der Waals surface area contributed by atoms with Crippen LogP contribution in [0.25, 0.3) is 22.4 Å². The summed E-state index contributed by atoms with van der Waals surface area (Å²) in [5.41, 5.74) is 3.53. The summed E-state index contributed by atoms with van der Waals surface area (Å²) in [6.45, 7) is 5.68. The lowest BCUT2D eigenvalue weighted by Gasteiger charge is -2.16. The van der Waals surface area contributed by atoms with E-state index < -0.39 is 0 Å². The molecule has 0 aliphatic carbocycles. The second kappa shape index (κ2) is 10.2. The van der Waals surface area contributed by atoms with E-state index in [1.807, 2.05) is 42.5 Å². The van der Waals surface area contributed by atoms with Crippen LogP contribution in [0.15, 0.2) is 67.3 Å². The number of methoxy groups -OCH3 is 1. The first-order valence-electron chi connectivity index (χ1n) is 10.8. The van der Waals surface area contributed by atoms with Crippen LogP contribution in [0.3, 0.4) is 0 Å². The molecule has 3 aromatic rings. The van der Waals surface area contributed by atoms with Gasteiger partial charge < -0.3 is 24.6 Å². The number of benzene rings is 2. The molecule has 1 aromatic heterocycles. The van der Waals surface area contributed by atoms with Gasteiger partial charge in [0.25, 0.3) is 0 Å². The molecule has 1 aliphatic heterocycles. The van der Waals surface area contributed by atoms with Crippen LogP contribution in [0.2, 0.25) is 0 Å². The number of ether oxygens (including phenoxy) is 3. The minimum absolute atomic E-state index is 0.0901. The first kappa shape index (κ1) is 21.7. The summed E-state index contributed by atoms with van der Waals surface area (Å²) in [4.78, 5) is 4.83. The minimum Gasteiger partial charge on any atom is -0.504 e. The number of phenolic OH excluding ortho intramolecular Hbond substituents is 1. The fourth-order valence-electron chi connectivity index (χ4n) is 3.76. The van der Waals surface area contributed by atoms with Gasteiger partial charge in [0.2, 0.25) is 0 Å². The van der Waals surface area contributed by atoms with Gasteiger partial charge in [0, 0.05) is 24.3 Å². The average Bonchev–Trinajstić information content (AvgIpc) is 3.35. The van der Waals surface area contributed by atoms with Crippen molar-refractivity contribution >= 4 is 5.82 Å². The molecule has 1 saturated heterocycles. The maximum atomic E-state index is 10.00. The molecule has 0 spiro atoms. The Hall–Kier alpha value is -3.51. The topological polar surface area (TPSA) is 72.8 Å². The standard InChI is InChI=1S/C26H28N2O4/c1-3-12-32-24-9-5-4-8-21(24)19-14-22(18-10-11-23(29)25(15-18)30-2)28-26(16-19)27-17-20-7-6-13-31-20/h3-5,8-11,14-16,20,29H,1,6-7,12-13,17H2,2H3,(H,27,28). The summed E-state index contributed by atoms with van der Waals surface area (Å²) in [7, 11) is 1.53. The Bertz CT molecular complexity index is 1080. The van der Waals surface area contributed by atoms with Crippen molar-refractivity contribution in [2.24, 2.45) is 0 Å². The van der Waals surface area contributed by atoms with Crippen molar-refractivity contribution in [3.05, 3.63) is 67.3 Å². The summed E-state index contributed by atoms with van der Waals surface area (Å²) < 4.78 is 16.9. The summed E-state index contributed by atoms with van der Waals surface area (Å²) in [5, 5.41) is 13.4. The van der Waals surface area contributed by atoms with E-state index >= 15 is 0 Å². The fourth-order valence-corrected chi connectivity index (χ4v) is 3.76. The quantitative estimate of drug-likeness (QED) is 0.448. The van der Waals surface area contributed by atoms with Crippen molar-refractivity contribution in [2.75, 3.05) is 32.2 Å². The van der Waals surface area contributed by atoms with Crippen LogP contribution in [-0.4, -0.2) is 43.1 Å². The van der Waals surface area contributed by atoms with Crippen LogP contribution in [0, 0.1) is 0 Å². The lowest BCUT2D eigenvalue weighted by molar-refractivity contribution is 0.120. The Kier molecular flexibility index (Phi) is 6.92. The van der Waals surface area contributed by atoms with Crippen molar-refractivity contribution in [3.8, 4) is 39.6 Å². The Labute approximate surface area is 188 Å². The molecule has 0 radical (unpaired) electrons. The number of para-hydroxylation sites is 1. The lowest BCUT2D eigenvalue weighted by atomic mass is 10.0. The molecule has 6 nitrogen and oxygen atoms in total. The van der Waals surface area contributed by atoms with Gasteiger partial charge in [0.1, 0.15) is 18.2 Å². The molecule has 6 heteroatoms. The van der Waals surface area contributed by atoms with E-state index in [4.69, 9.17) is 19.2 Å². The van der Waals surface area contributed by atoms with Crippen LogP contribution < -0.4 is 14.8 Å². The highest BCUT2D eigenvalue weighted by Crippen LogP contribution is 2.36. The normalized spacial score (nSPS) is 15.3. The van der Waals surface area contributed by atoms with E-state index in [0.29, 0.717) is 18.9 Å². The molecule has 4 rings (SSSR count). The SMILES string of the molecule is C=CCOc1ccccc1-c1cc(NCC2CCCO2)nc(-c2ccc(O)c(OC)c2)c1. The Morgan fingerprint density at radius 2 is 2.03 bits per heavy atom. The maximum absolute atomic E-state index is 10.00. The van der Waals surface area contributed by atoms with Crippen LogP contribution in [0.1, 0.15) is 12.8 Å². The van der Waals surface area contributed by atoms with Crippen LogP contribution >= 0.6 is 0 Å². The number of anilines is 1. The third-order valence-corrected chi connectivity index (χ3v) is 5.39. The van der Waals surface area contributed by atoms with Gasteiger partial charge in [-0.05, 0) is 54.8 Å². The van der Waals surface area contributed by atoms with Gasteiger partial charge in [-0.25, -0.2) is 4.98 Å². The van der Waals surface area contributed by atoms with Gasteiger partial charge in [-0.3, -0.25) is 0 Å². The molecule has 1 atom stereocenters. The monoisotopic (exact) mass is 432 g/mol. The van der Waals surface area contributed by atoms with Crippen molar-refractivity contribution in [2.45, 2.75) is 18.9 Å². The molecule has 1 fully saturated rings. The predicted molar refractivity (Wildman–Crippen MR) is 126 cm³/mol. The van der Waals surface area contributed by atoms with Gasteiger partial charge in [-0.1, -0.05) is 30.9 Å². The number of aromatic nitrogens is 1. The average molecular weight is 433 g/mol. The molecule has 0 amide bonds. The molecule has 166 valence electrons. The molecule has 0 saturated carbocycles. The second-order valence-corrected chi connectivity index (χ2v) is 7.62. The zero-order valence-corrected chi connectivity index (χ0v) is 18.2. The van der Waals surface area contributed by atoms with Gasteiger partial charge in [-0.2, -0.15) is 0 Å².